The number of ether oxygens (including phenoxy) is 1. The van der Waals surface area contributed by atoms with Crippen molar-refractivity contribution in [2.24, 2.45) is 0 Å². The third-order valence-electron chi connectivity index (χ3n) is 4.49. The quantitative estimate of drug-likeness (QED) is 0.602. The predicted molar refractivity (Wildman–Crippen MR) is 108 cm³/mol. The number of aromatic nitrogens is 2. The number of phenols is 1. The van der Waals surface area contributed by atoms with Crippen LogP contribution in [0, 0.1) is 6.92 Å². The highest BCUT2D eigenvalue weighted by atomic mass is 16.5. The van der Waals surface area contributed by atoms with E-state index >= 15 is 0 Å². The zero-order valence-electron chi connectivity index (χ0n) is 16.4. The smallest absolute Gasteiger partial charge is 0.341 e. The molecule has 2 N–H and O–H groups in total. The van der Waals surface area contributed by atoms with Crippen molar-refractivity contribution < 1.29 is 19.4 Å². The van der Waals surface area contributed by atoms with Gasteiger partial charge in [0.1, 0.15) is 11.3 Å². The number of carbonyl (C=O) groups excluding carboxylic acids is 2. The number of amides is 1. The Hall–Kier alpha value is -3.61. The van der Waals surface area contributed by atoms with Gasteiger partial charge in [0.25, 0.3) is 5.91 Å². The monoisotopic (exact) mass is 393 g/mol. The molecule has 1 amide bonds. The molecule has 2 aromatic carbocycles. The summed E-state index contributed by atoms with van der Waals surface area (Å²) < 4.78 is 6.66. The topological polar surface area (TPSA) is 93.5 Å². The van der Waals surface area contributed by atoms with Gasteiger partial charge in [-0.3, -0.25) is 4.79 Å². The van der Waals surface area contributed by atoms with Crippen molar-refractivity contribution in [3.05, 3.63) is 77.1 Å². The first-order chi connectivity index (χ1) is 14.0. The van der Waals surface area contributed by atoms with Crippen LogP contribution in [-0.4, -0.2) is 39.9 Å². The second-order valence-electron chi connectivity index (χ2n) is 6.50. The van der Waals surface area contributed by atoms with E-state index in [0.717, 1.165) is 11.3 Å². The third kappa shape index (κ3) is 4.82. The van der Waals surface area contributed by atoms with E-state index in [0.29, 0.717) is 36.4 Å². The average Bonchev–Trinajstić information content (AvgIpc) is 3.10. The van der Waals surface area contributed by atoms with Crippen LogP contribution in [0.4, 0.5) is 0 Å². The Kier molecular flexibility index (Phi) is 6.29. The standard InChI is InChI=1S/C22H23N3O4/c1-3-29-22(28)20-14-24-25(15(20)2)18-9-7-17(8-10-18)21(27)23-12-11-16-5-4-6-19(26)13-16/h4-10,13-14,26H,3,11-12H2,1-2H3,(H,23,27). The summed E-state index contributed by atoms with van der Waals surface area (Å²) in [6, 6.07) is 13.9. The van der Waals surface area contributed by atoms with Crippen molar-refractivity contribution in [2.75, 3.05) is 13.2 Å². The molecule has 0 saturated carbocycles. The summed E-state index contributed by atoms with van der Waals surface area (Å²) in [5.41, 5.74) is 3.31. The van der Waals surface area contributed by atoms with Gasteiger partial charge in [-0.15, -0.1) is 0 Å². The number of rotatable bonds is 7. The maximum absolute atomic E-state index is 12.3. The fraction of sp³-hybridized carbons (Fsp3) is 0.227. The maximum Gasteiger partial charge on any atom is 0.341 e. The summed E-state index contributed by atoms with van der Waals surface area (Å²) in [5.74, 6) is -0.371. The molecule has 0 atom stereocenters. The van der Waals surface area contributed by atoms with Gasteiger partial charge < -0.3 is 15.2 Å². The van der Waals surface area contributed by atoms with Crippen LogP contribution in [0.1, 0.15) is 38.9 Å². The van der Waals surface area contributed by atoms with Crippen molar-refractivity contribution in [1.82, 2.24) is 15.1 Å². The van der Waals surface area contributed by atoms with E-state index in [-0.39, 0.29) is 11.7 Å². The Morgan fingerprint density at radius 1 is 1.17 bits per heavy atom. The lowest BCUT2D eigenvalue weighted by molar-refractivity contribution is 0.0525. The number of esters is 1. The first-order valence-corrected chi connectivity index (χ1v) is 9.38. The van der Waals surface area contributed by atoms with Gasteiger partial charge in [0, 0.05) is 12.1 Å². The Morgan fingerprint density at radius 3 is 2.62 bits per heavy atom. The van der Waals surface area contributed by atoms with Gasteiger partial charge in [0.15, 0.2) is 0 Å². The van der Waals surface area contributed by atoms with E-state index in [1.165, 1.54) is 6.20 Å². The Morgan fingerprint density at radius 2 is 1.93 bits per heavy atom. The van der Waals surface area contributed by atoms with Gasteiger partial charge in [0.2, 0.25) is 0 Å². The number of hydrogen-bond donors (Lipinski definition) is 2. The molecule has 1 heterocycles. The number of benzene rings is 2. The molecular formula is C22H23N3O4. The summed E-state index contributed by atoms with van der Waals surface area (Å²) in [4.78, 5) is 24.3. The number of nitrogens with zero attached hydrogens (tertiary/aromatic N) is 2. The van der Waals surface area contributed by atoms with E-state index in [9.17, 15) is 14.7 Å². The molecule has 0 saturated heterocycles. The van der Waals surface area contributed by atoms with Crippen LogP contribution >= 0.6 is 0 Å². The van der Waals surface area contributed by atoms with Crippen LogP contribution in [0.15, 0.2) is 54.7 Å². The number of aromatic hydroxyl groups is 1. The van der Waals surface area contributed by atoms with Crippen LogP contribution < -0.4 is 5.32 Å². The molecule has 0 unspecified atom stereocenters. The van der Waals surface area contributed by atoms with E-state index in [2.05, 4.69) is 10.4 Å². The molecule has 3 rings (SSSR count). The molecule has 0 bridgehead atoms. The molecule has 3 aromatic rings. The summed E-state index contributed by atoms with van der Waals surface area (Å²) in [6.45, 7) is 4.32. The Balaban J connectivity index is 1.62. The zero-order chi connectivity index (χ0) is 20.8. The molecule has 7 nitrogen and oxygen atoms in total. The first kappa shape index (κ1) is 20.1. The summed E-state index contributed by atoms with van der Waals surface area (Å²) in [7, 11) is 0. The van der Waals surface area contributed by atoms with Crippen LogP contribution in [0.5, 0.6) is 5.75 Å². The van der Waals surface area contributed by atoms with Crippen LogP contribution in [-0.2, 0) is 11.2 Å². The summed E-state index contributed by atoms with van der Waals surface area (Å²) in [6.07, 6.45) is 2.11. The third-order valence-corrected chi connectivity index (χ3v) is 4.49. The molecule has 1 aromatic heterocycles. The van der Waals surface area contributed by atoms with Crippen LogP contribution in [0.3, 0.4) is 0 Å². The fourth-order valence-corrected chi connectivity index (χ4v) is 2.97. The highest BCUT2D eigenvalue weighted by Gasteiger charge is 2.16. The maximum atomic E-state index is 12.3. The van der Waals surface area contributed by atoms with Crippen LogP contribution in [0.2, 0.25) is 0 Å². The largest absolute Gasteiger partial charge is 0.508 e. The average molecular weight is 393 g/mol. The van der Waals surface area contributed by atoms with Crippen molar-refractivity contribution >= 4 is 11.9 Å². The molecule has 0 fully saturated rings. The summed E-state index contributed by atoms with van der Waals surface area (Å²) in [5, 5.41) is 16.6. The highest BCUT2D eigenvalue weighted by molar-refractivity contribution is 5.94. The van der Waals surface area contributed by atoms with Gasteiger partial charge in [-0.05, 0) is 62.2 Å². The summed E-state index contributed by atoms with van der Waals surface area (Å²) >= 11 is 0. The zero-order valence-corrected chi connectivity index (χ0v) is 16.4. The van der Waals surface area contributed by atoms with Gasteiger partial charge in [0.05, 0.1) is 24.2 Å². The van der Waals surface area contributed by atoms with Gasteiger partial charge in [-0.25, -0.2) is 9.48 Å². The second kappa shape index (κ2) is 9.05. The van der Waals surface area contributed by atoms with Gasteiger partial charge >= 0.3 is 5.97 Å². The lowest BCUT2D eigenvalue weighted by Crippen LogP contribution is -2.25. The van der Waals surface area contributed by atoms with Crippen molar-refractivity contribution in [3.8, 4) is 11.4 Å². The van der Waals surface area contributed by atoms with E-state index < -0.39 is 5.97 Å². The first-order valence-electron chi connectivity index (χ1n) is 9.38. The van der Waals surface area contributed by atoms with Crippen LogP contribution in [0.25, 0.3) is 5.69 Å². The Bertz CT molecular complexity index is 1010. The minimum absolute atomic E-state index is 0.180. The van der Waals surface area contributed by atoms with Gasteiger partial charge in [-0.2, -0.15) is 5.10 Å². The van der Waals surface area contributed by atoms with E-state index in [4.69, 9.17) is 4.74 Å². The van der Waals surface area contributed by atoms with Crippen molar-refractivity contribution in [2.45, 2.75) is 20.3 Å². The lowest BCUT2D eigenvalue weighted by Gasteiger charge is -2.08. The fourth-order valence-electron chi connectivity index (χ4n) is 2.97. The number of nitrogens with one attached hydrogen (secondary N) is 1. The predicted octanol–water partition coefficient (Wildman–Crippen LogP) is 3.04. The molecule has 7 heteroatoms. The molecule has 0 aliphatic heterocycles. The van der Waals surface area contributed by atoms with E-state index in [1.54, 1.807) is 61.0 Å². The van der Waals surface area contributed by atoms with E-state index in [1.807, 2.05) is 6.07 Å². The van der Waals surface area contributed by atoms with Crippen molar-refractivity contribution in [3.63, 3.8) is 0 Å². The second-order valence-corrected chi connectivity index (χ2v) is 6.50. The molecule has 29 heavy (non-hydrogen) atoms. The lowest BCUT2D eigenvalue weighted by atomic mass is 10.1. The molecule has 0 radical (unpaired) electrons. The van der Waals surface area contributed by atoms with Gasteiger partial charge in [-0.1, -0.05) is 12.1 Å². The molecule has 0 spiro atoms. The SMILES string of the molecule is CCOC(=O)c1cnn(-c2ccc(C(=O)NCCc3cccc(O)c3)cc2)c1C. The molecule has 0 aliphatic rings. The highest BCUT2D eigenvalue weighted by Crippen LogP contribution is 2.16. The molecule has 150 valence electrons. The molecular weight excluding hydrogens is 370 g/mol. The Labute approximate surface area is 168 Å². The molecule has 0 aliphatic carbocycles. The number of phenolic OH excluding ortho intramolecular Hbond substituents is 1. The normalized spacial score (nSPS) is 10.6. The number of hydrogen-bond acceptors (Lipinski definition) is 5. The van der Waals surface area contributed by atoms with Crippen molar-refractivity contribution in [1.29, 1.82) is 0 Å². The minimum Gasteiger partial charge on any atom is -0.508 e. The number of carbonyl (C=O) groups is 2. The minimum atomic E-state index is -0.404.